The van der Waals surface area contributed by atoms with Gasteiger partial charge in [-0.05, 0) is 44.2 Å². The molecule has 100 valence electrons. The molecule has 0 aliphatic carbocycles. The summed E-state index contributed by atoms with van der Waals surface area (Å²) in [6.07, 6.45) is 0.579. The summed E-state index contributed by atoms with van der Waals surface area (Å²) >= 11 is 0. The van der Waals surface area contributed by atoms with Gasteiger partial charge in [0.05, 0.1) is 13.7 Å². The van der Waals surface area contributed by atoms with Crippen molar-refractivity contribution in [3.8, 4) is 5.75 Å². The maximum Gasteiger partial charge on any atom is 0.322 e. The molecule has 0 radical (unpaired) electrons. The van der Waals surface area contributed by atoms with Crippen LogP contribution in [-0.2, 0) is 9.53 Å². The molecule has 0 fully saturated rings. The summed E-state index contributed by atoms with van der Waals surface area (Å²) < 4.78 is 10.3. The molecule has 1 atom stereocenters. The summed E-state index contributed by atoms with van der Waals surface area (Å²) in [5, 5.41) is 2.90. The number of hydrogen-bond acceptors (Lipinski definition) is 4. The van der Waals surface area contributed by atoms with Crippen molar-refractivity contribution in [2.24, 2.45) is 0 Å². The minimum absolute atomic E-state index is 0.263. The van der Waals surface area contributed by atoms with Crippen LogP contribution in [0.1, 0.15) is 17.5 Å². The van der Waals surface area contributed by atoms with Gasteiger partial charge in [-0.25, -0.2) is 0 Å². The second-order valence-electron chi connectivity index (χ2n) is 4.25. The van der Waals surface area contributed by atoms with Crippen molar-refractivity contribution in [1.29, 1.82) is 0 Å². The lowest BCUT2D eigenvalue weighted by Crippen LogP contribution is -2.36. The molecule has 1 rings (SSSR count). The number of carbonyl (C=O) groups is 1. The fourth-order valence-electron chi connectivity index (χ4n) is 1.62. The summed E-state index contributed by atoms with van der Waals surface area (Å²) in [4.78, 5) is 11.3. The van der Waals surface area contributed by atoms with Crippen LogP contribution < -0.4 is 10.1 Å². The van der Waals surface area contributed by atoms with Crippen LogP contribution in [0.3, 0.4) is 0 Å². The highest BCUT2D eigenvalue weighted by molar-refractivity contribution is 5.75. The molecule has 0 aliphatic rings. The van der Waals surface area contributed by atoms with Crippen molar-refractivity contribution < 1.29 is 14.3 Å². The maximum atomic E-state index is 11.3. The van der Waals surface area contributed by atoms with Crippen LogP contribution in [-0.4, -0.2) is 32.8 Å². The Hall–Kier alpha value is -1.55. The third kappa shape index (κ3) is 4.04. The Morgan fingerprint density at radius 1 is 1.33 bits per heavy atom. The number of methoxy groups -OCH3 is 1. The molecule has 0 heterocycles. The second-order valence-corrected chi connectivity index (χ2v) is 4.25. The van der Waals surface area contributed by atoms with Crippen molar-refractivity contribution in [3.05, 3.63) is 29.3 Å². The Morgan fingerprint density at radius 3 is 2.61 bits per heavy atom. The Balaban J connectivity index is 2.45. The van der Waals surface area contributed by atoms with Gasteiger partial charge >= 0.3 is 5.97 Å². The van der Waals surface area contributed by atoms with Gasteiger partial charge in [0.1, 0.15) is 11.8 Å². The first-order chi connectivity index (χ1) is 8.58. The predicted molar refractivity (Wildman–Crippen MR) is 70.9 cm³/mol. The fourth-order valence-corrected chi connectivity index (χ4v) is 1.62. The average Bonchev–Trinajstić information content (AvgIpc) is 2.38. The van der Waals surface area contributed by atoms with E-state index >= 15 is 0 Å². The topological polar surface area (TPSA) is 47.6 Å². The van der Waals surface area contributed by atoms with Gasteiger partial charge in [0, 0.05) is 6.42 Å². The Kier molecular flexibility index (Phi) is 5.65. The van der Waals surface area contributed by atoms with E-state index in [1.807, 2.05) is 25.1 Å². The zero-order valence-electron chi connectivity index (χ0n) is 11.4. The molecule has 0 spiro atoms. The first kappa shape index (κ1) is 14.5. The number of ether oxygens (including phenoxy) is 2. The van der Waals surface area contributed by atoms with Crippen LogP contribution in [0.2, 0.25) is 0 Å². The van der Waals surface area contributed by atoms with Crippen LogP contribution in [0.5, 0.6) is 5.75 Å². The number of aryl methyl sites for hydroxylation is 2. The van der Waals surface area contributed by atoms with Crippen LogP contribution in [0.25, 0.3) is 0 Å². The van der Waals surface area contributed by atoms with E-state index in [-0.39, 0.29) is 12.0 Å². The van der Waals surface area contributed by atoms with E-state index < -0.39 is 0 Å². The maximum absolute atomic E-state index is 11.3. The molecule has 0 amide bonds. The van der Waals surface area contributed by atoms with E-state index in [0.717, 1.165) is 5.75 Å². The van der Waals surface area contributed by atoms with Crippen molar-refractivity contribution in [1.82, 2.24) is 5.32 Å². The molecule has 4 heteroatoms. The molecule has 0 aliphatic heterocycles. The number of hydrogen-bond donors (Lipinski definition) is 1. The standard InChI is InChI=1S/C14H21NO3/c1-10-5-6-12(9-11(10)2)18-8-7-13(15-3)14(16)17-4/h5-6,9,13,15H,7-8H2,1-4H3. The number of likely N-dealkylation sites (N-methyl/N-ethyl adjacent to an activating group) is 1. The molecule has 4 nitrogen and oxygen atoms in total. The monoisotopic (exact) mass is 251 g/mol. The lowest BCUT2D eigenvalue weighted by Gasteiger charge is -2.14. The zero-order chi connectivity index (χ0) is 13.5. The Labute approximate surface area is 108 Å². The third-order valence-corrected chi connectivity index (χ3v) is 2.99. The Bertz CT molecular complexity index is 404. The van der Waals surface area contributed by atoms with Gasteiger partial charge < -0.3 is 14.8 Å². The minimum atomic E-state index is -0.318. The van der Waals surface area contributed by atoms with Crippen LogP contribution in [0.4, 0.5) is 0 Å². The molecular formula is C14H21NO3. The van der Waals surface area contributed by atoms with Gasteiger partial charge in [-0.15, -0.1) is 0 Å². The highest BCUT2D eigenvalue weighted by Gasteiger charge is 2.16. The Morgan fingerprint density at radius 2 is 2.06 bits per heavy atom. The predicted octanol–water partition coefficient (Wildman–Crippen LogP) is 1.83. The van der Waals surface area contributed by atoms with Crippen LogP contribution in [0, 0.1) is 13.8 Å². The molecule has 18 heavy (non-hydrogen) atoms. The fraction of sp³-hybridized carbons (Fsp3) is 0.500. The van der Waals surface area contributed by atoms with Crippen molar-refractivity contribution >= 4 is 5.97 Å². The van der Waals surface area contributed by atoms with E-state index in [4.69, 9.17) is 4.74 Å². The highest BCUT2D eigenvalue weighted by atomic mass is 16.5. The highest BCUT2D eigenvalue weighted by Crippen LogP contribution is 2.16. The lowest BCUT2D eigenvalue weighted by atomic mass is 10.1. The molecule has 1 aromatic rings. The normalized spacial score (nSPS) is 12.0. The largest absolute Gasteiger partial charge is 0.494 e. The van der Waals surface area contributed by atoms with Crippen molar-refractivity contribution in [3.63, 3.8) is 0 Å². The van der Waals surface area contributed by atoms with Gasteiger partial charge in [0.25, 0.3) is 0 Å². The van der Waals surface area contributed by atoms with Gasteiger partial charge in [-0.3, -0.25) is 4.79 Å². The smallest absolute Gasteiger partial charge is 0.322 e. The van der Waals surface area contributed by atoms with Crippen molar-refractivity contribution in [2.45, 2.75) is 26.3 Å². The van der Waals surface area contributed by atoms with Gasteiger partial charge in [-0.2, -0.15) is 0 Å². The molecule has 0 saturated carbocycles. The minimum Gasteiger partial charge on any atom is -0.494 e. The summed E-state index contributed by atoms with van der Waals surface area (Å²) in [6.45, 7) is 4.59. The van der Waals surface area contributed by atoms with E-state index in [9.17, 15) is 4.79 Å². The number of carbonyl (C=O) groups excluding carboxylic acids is 1. The molecule has 0 bridgehead atoms. The summed E-state index contributed by atoms with van der Waals surface area (Å²) in [5.74, 6) is 0.569. The molecule has 0 aromatic heterocycles. The number of nitrogens with one attached hydrogen (secondary N) is 1. The third-order valence-electron chi connectivity index (χ3n) is 2.99. The molecule has 1 N–H and O–H groups in total. The number of benzene rings is 1. The van der Waals surface area contributed by atoms with Gasteiger partial charge in [0.2, 0.25) is 0 Å². The van der Waals surface area contributed by atoms with E-state index in [1.165, 1.54) is 18.2 Å². The number of rotatable bonds is 6. The van der Waals surface area contributed by atoms with E-state index in [1.54, 1.807) is 7.05 Å². The first-order valence-corrected chi connectivity index (χ1v) is 6.03. The molecule has 0 saturated heterocycles. The average molecular weight is 251 g/mol. The quantitative estimate of drug-likeness (QED) is 0.784. The summed E-state index contributed by atoms with van der Waals surface area (Å²) in [6, 6.07) is 5.65. The molecular weight excluding hydrogens is 230 g/mol. The van der Waals surface area contributed by atoms with E-state index in [0.29, 0.717) is 13.0 Å². The summed E-state index contributed by atoms with van der Waals surface area (Å²) in [7, 11) is 3.12. The van der Waals surface area contributed by atoms with Crippen LogP contribution in [0.15, 0.2) is 18.2 Å². The zero-order valence-corrected chi connectivity index (χ0v) is 11.4. The molecule has 1 aromatic carbocycles. The van der Waals surface area contributed by atoms with Gasteiger partial charge in [-0.1, -0.05) is 6.07 Å². The first-order valence-electron chi connectivity index (χ1n) is 6.03. The molecule has 1 unspecified atom stereocenters. The van der Waals surface area contributed by atoms with Crippen LogP contribution >= 0.6 is 0 Å². The van der Waals surface area contributed by atoms with Gasteiger partial charge in [0.15, 0.2) is 0 Å². The SMILES string of the molecule is CNC(CCOc1ccc(C)c(C)c1)C(=O)OC. The number of esters is 1. The van der Waals surface area contributed by atoms with E-state index in [2.05, 4.69) is 17.0 Å². The lowest BCUT2D eigenvalue weighted by molar-refractivity contribution is -0.143. The second kappa shape index (κ2) is 7.01. The van der Waals surface area contributed by atoms with Crippen molar-refractivity contribution in [2.75, 3.05) is 20.8 Å². The summed E-state index contributed by atoms with van der Waals surface area (Å²) in [5.41, 5.74) is 2.44.